The molecule has 1 aromatic rings. The van der Waals surface area contributed by atoms with Crippen molar-refractivity contribution in [3.63, 3.8) is 0 Å². The Labute approximate surface area is 150 Å². The lowest BCUT2D eigenvalue weighted by Crippen LogP contribution is -2.62. The number of piperidine rings is 1. The van der Waals surface area contributed by atoms with Crippen molar-refractivity contribution in [3.05, 3.63) is 35.9 Å². The molecule has 2 aliphatic rings. The average Bonchev–Trinajstić information content (AvgIpc) is 2.91. The second-order valence-electron chi connectivity index (χ2n) is 7.97. The monoisotopic (exact) mass is 361 g/mol. The van der Waals surface area contributed by atoms with Gasteiger partial charge in [0.05, 0.1) is 12.7 Å². The van der Waals surface area contributed by atoms with Gasteiger partial charge in [0, 0.05) is 18.5 Å². The fourth-order valence-electron chi connectivity index (χ4n) is 4.55. The number of methoxy groups -OCH3 is 1. The number of hydrogen-bond acceptors (Lipinski definition) is 5. The molecule has 25 heavy (non-hydrogen) atoms. The molecule has 4 atom stereocenters. The Morgan fingerprint density at radius 2 is 1.80 bits per heavy atom. The van der Waals surface area contributed by atoms with Crippen molar-refractivity contribution in [2.45, 2.75) is 57.1 Å². The number of hydrogen-bond donors (Lipinski definition) is 0. The molecule has 0 saturated carbocycles. The summed E-state index contributed by atoms with van der Waals surface area (Å²) in [6, 6.07) is 9.47. The zero-order chi connectivity index (χ0) is 18.2. The molecule has 3 rings (SSSR count). The van der Waals surface area contributed by atoms with Gasteiger partial charge in [-0.25, -0.2) is 4.79 Å². The molecule has 2 saturated heterocycles. The normalized spacial score (nSPS) is 29.3. The molecular weight excluding hydrogens is 334 g/mol. The molecule has 6 heteroatoms. The fourth-order valence-corrected chi connectivity index (χ4v) is 7.16. The van der Waals surface area contributed by atoms with Crippen LogP contribution in [0.5, 0.6) is 0 Å². The van der Waals surface area contributed by atoms with Gasteiger partial charge >= 0.3 is 11.9 Å². The van der Waals surface area contributed by atoms with E-state index in [0.29, 0.717) is 18.0 Å². The van der Waals surface area contributed by atoms with Crippen LogP contribution < -0.4 is 0 Å². The van der Waals surface area contributed by atoms with E-state index in [-0.39, 0.29) is 18.0 Å². The van der Waals surface area contributed by atoms with Crippen LogP contribution in [0.15, 0.2) is 30.3 Å². The molecular formula is C19H27NO4Si. The van der Waals surface area contributed by atoms with Crippen LogP contribution in [-0.4, -0.2) is 50.0 Å². The lowest BCUT2D eigenvalue weighted by Gasteiger charge is -2.48. The van der Waals surface area contributed by atoms with Crippen molar-refractivity contribution < 1.29 is 19.1 Å². The second-order valence-corrected chi connectivity index (χ2v) is 12.8. The van der Waals surface area contributed by atoms with Crippen LogP contribution >= 0.6 is 0 Å². The van der Waals surface area contributed by atoms with Gasteiger partial charge in [-0.2, -0.15) is 0 Å². The van der Waals surface area contributed by atoms with Crippen molar-refractivity contribution in [2.75, 3.05) is 7.11 Å². The Kier molecular flexibility index (Phi) is 5.02. The first-order valence-electron chi connectivity index (χ1n) is 8.95. The highest BCUT2D eigenvalue weighted by atomic mass is 28.3. The second kappa shape index (κ2) is 6.92. The number of nitrogens with zero attached hydrogens (tertiary/aromatic N) is 1. The van der Waals surface area contributed by atoms with Crippen molar-refractivity contribution >= 4 is 20.2 Å². The average molecular weight is 362 g/mol. The van der Waals surface area contributed by atoms with Crippen LogP contribution in [0, 0.1) is 5.92 Å². The van der Waals surface area contributed by atoms with Gasteiger partial charge < -0.3 is 14.0 Å². The number of carbonyl (C=O) groups excluding carboxylic acids is 2. The fraction of sp³-hybridized carbons (Fsp3) is 0.579. The summed E-state index contributed by atoms with van der Waals surface area (Å²) in [6.07, 6.45) is 2.32. The van der Waals surface area contributed by atoms with E-state index in [9.17, 15) is 9.59 Å². The predicted octanol–water partition coefficient (Wildman–Crippen LogP) is 3.07. The highest BCUT2D eigenvalue weighted by molar-refractivity contribution is 6.73. The highest BCUT2D eigenvalue weighted by Gasteiger charge is 2.55. The summed E-state index contributed by atoms with van der Waals surface area (Å²) in [4.78, 5) is 25.0. The Bertz CT molecular complexity index is 643. The zero-order valence-corrected chi connectivity index (χ0v) is 16.4. The van der Waals surface area contributed by atoms with Gasteiger partial charge in [0.2, 0.25) is 0 Å². The number of benzene rings is 1. The summed E-state index contributed by atoms with van der Waals surface area (Å²) in [5, 5.41) is 0. The molecule has 0 radical (unpaired) electrons. The topological polar surface area (TPSA) is 55.8 Å². The first-order chi connectivity index (χ1) is 11.8. The van der Waals surface area contributed by atoms with Gasteiger partial charge in [0.15, 0.2) is 0 Å². The Balaban J connectivity index is 1.84. The van der Waals surface area contributed by atoms with Gasteiger partial charge in [-0.15, -0.1) is 0 Å². The third kappa shape index (κ3) is 3.51. The van der Waals surface area contributed by atoms with E-state index in [4.69, 9.17) is 9.47 Å². The van der Waals surface area contributed by atoms with Crippen LogP contribution in [-0.2, 0) is 14.3 Å². The standard InChI is InChI=1S/C19H27NO4Si/c1-23-19(22)17-15-11-10-14(20(15)25(2,3)4)12-16(17)24-18(21)13-8-6-5-7-9-13/h5-9,14-17H,10-12H2,1-4H3. The Morgan fingerprint density at radius 1 is 1.12 bits per heavy atom. The van der Waals surface area contributed by atoms with Crippen LogP contribution in [0.4, 0.5) is 0 Å². The molecule has 2 heterocycles. The van der Waals surface area contributed by atoms with E-state index < -0.39 is 20.3 Å². The van der Waals surface area contributed by atoms with Crippen LogP contribution in [0.2, 0.25) is 19.6 Å². The molecule has 1 aromatic carbocycles. The molecule has 5 nitrogen and oxygen atoms in total. The minimum Gasteiger partial charge on any atom is -0.469 e. The number of fused-ring (bicyclic) bond motifs is 2. The number of rotatable bonds is 4. The molecule has 2 fully saturated rings. The van der Waals surface area contributed by atoms with E-state index in [1.807, 2.05) is 18.2 Å². The SMILES string of the molecule is COC(=O)C1C(OC(=O)c2ccccc2)CC2CCC1N2[Si](C)(C)C. The number of carbonyl (C=O) groups is 2. The quantitative estimate of drug-likeness (QED) is 0.609. The maximum Gasteiger partial charge on any atom is 0.338 e. The van der Waals surface area contributed by atoms with Crippen LogP contribution in [0.1, 0.15) is 29.6 Å². The van der Waals surface area contributed by atoms with Gasteiger partial charge in [0.25, 0.3) is 0 Å². The van der Waals surface area contributed by atoms with Crippen molar-refractivity contribution in [3.8, 4) is 0 Å². The van der Waals surface area contributed by atoms with Gasteiger partial charge in [-0.1, -0.05) is 37.8 Å². The van der Waals surface area contributed by atoms with Crippen molar-refractivity contribution in [1.82, 2.24) is 4.57 Å². The molecule has 0 aliphatic carbocycles. The van der Waals surface area contributed by atoms with E-state index in [0.717, 1.165) is 12.8 Å². The van der Waals surface area contributed by atoms with Gasteiger partial charge in [-0.05, 0) is 25.0 Å². The number of esters is 2. The summed E-state index contributed by atoms with van der Waals surface area (Å²) in [5.74, 6) is -1.03. The third-order valence-corrected chi connectivity index (χ3v) is 7.63. The molecule has 0 spiro atoms. The minimum atomic E-state index is -1.57. The van der Waals surface area contributed by atoms with Crippen molar-refractivity contribution in [1.29, 1.82) is 0 Å². The number of ether oxygens (including phenoxy) is 2. The van der Waals surface area contributed by atoms with Crippen molar-refractivity contribution in [2.24, 2.45) is 5.92 Å². The van der Waals surface area contributed by atoms with Crippen LogP contribution in [0.25, 0.3) is 0 Å². The van der Waals surface area contributed by atoms with E-state index >= 15 is 0 Å². The first-order valence-corrected chi connectivity index (χ1v) is 12.4. The molecule has 0 amide bonds. The van der Waals surface area contributed by atoms with E-state index in [2.05, 4.69) is 24.2 Å². The summed E-state index contributed by atoms with van der Waals surface area (Å²) >= 11 is 0. The molecule has 0 N–H and O–H groups in total. The molecule has 4 unspecified atom stereocenters. The molecule has 2 aliphatic heterocycles. The predicted molar refractivity (Wildman–Crippen MR) is 97.8 cm³/mol. The van der Waals surface area contributed by atoms with E-state index in [1.165, 1.54) is 7.11 Å². The van der Waals surface area contributed by atoms with Gasteiger partial charge in [0.1, 0.15) is 20.3 Å². The summed E-state index contributed by atoms with van der Waals surface area (Å²) in [7, 11) is -0.154. The van der Waals surface area contributed by atoms with Gasteiger partial charge in [-0.3, -0.25) is 4.79 Å². The maximum atomic E-state index is 12.5. The third-order valence-electron chi connectivity index (χ3n) is 5.38. The minimum absolute atomic E-state index is 0.117. The first kappa shape index (κ1) is 18.1. The summed E-state index contributed by atoms with van der Waals surface area (Å²) in [6.45, 7) is 6.93. The lowest BCUT2D eigenvalue weighted by molar-refractivity contribution is -0.154. The van der Waals surface area contributed by atoms with Crippen LogP contribution in [0.3, 0.4) is 0 Å². The summed E-state index contributed by atoms with van der Waals surface area (Å²) < 4.78 is 13.4. The lowest BCUT2D eigenvalue weighted by atomic mass is 9.89. The molecule has 136 valence electrons. The smallest absolute Gasteiger partial charge is 0.338 e. The van der Waals surface area contributed by atoms with E-state index in [1.54, 1.807) is 12.1 Å². The highest BCUT2D eigenvalue weighted by Crippen LogP contribution is 2.44. The molecule has 2 bridgehead atoms. The Hall–Kier alpha value is -1.66. The maximum absolute atomic E-state index is 12.5. The Morgan fingerprint density at radius 3 is 2.40 bits per heavy atom. The molecule has 0 aromatic heterocycles. The summed E-state index contributed by atoms with van der Waals surface area (Å²) in [5.41, 5.74) is 0.520. The largest absolute Gasteiger partial charge is 0.469 e. The zero-order valence-electron chi connectivity index (χ0n) is 15.4.